The zero-order valence-electron chi connectivity index (χ0n) is 18.9. The number of carbonyl (C=O) groups is 1. The van der Waals surface area contributed by atoms with Crippen molar-refractivity contribution in [3.63, 3.8) is 0 Å². The van der Waals surface area contributed by atoms with Gasteiger partial charge >= 0.3 is 0 Å². The second kappa shape index (κ2) is 8.69. The number of hydrogen-bond donors (Lipinski definition) is 1. The third-order valence-electron chi connectivity index (χ3n) is 6.08. The number of H-pyrrole nitrogens is 1. The molecular weight excluding hydrogens is 474 g/mol. The number of hydrogen-bond acceptors (Lipinski definition) is 6. The van der Waals surface area contributed by atoms with Gasteiger partial charge in [0.1, 0.15) is 5.75 Å². The van der Waals surface area contributed by atoms with Crippen LogP contribution in [0.4, 0.5) is 0 Å². The van der Waals surface area contributed by atoms with Gasteiger partial charge in [-0.05, 0) is 55.9 Å². The van der Waals surface area contributed by atoms with Gasteiger partial charge in [-0.25, -0.2) is 13.2 Å². The lowest BCUT2D eigenvalue weighted by Gasteiger charge is -2.25. The third-order valence-corrected chi connectivity index (χ3v) is 10.1. The fraction of sp³-hybridized carbons (Fsp3) is 0.375. The first-order chi connectivity index (χ1) is 16.3. The maximum absolute atomic E-state index is 12.6. The van der Waals surface area contributed by atoms with Gasteiger partial charge < -0.3 is 14.6 Å². The summed E-state index contributed by atoms with van der Waals surface area (Å²) in [6, 6.07) is 7.18. The number of rotatable bonds is 7. The van der Waals surface area contributed by atoms with Crippen LogP contribution in [0.5, 0.6) is 5.75 Å². The van der Waals surface area contributed by atoms with E-state index in [2.05, 4.69) is 8.75 Å². The normalized spacial score (nSPS) is 18.8. The molecular formula is C24H25N3O5S2. The molecule has 3 aliphatic rings. The van der Waals surface area contributed by atoms with E-state index >= 15 is 0 Å². The number of ether oxygens (including phenoxy) is 1. The Labute approximate surface area is 200 Å². The van der Waals surface area contributed by atoms with Gasteiger partial charge in [-0.15, -0.1) is 3.77 Å². The van der Waals surface area contributed by atoms with Crippen LogP contribution >= 0.6 is 0 Å². The van der Waals surface area contributed by atoms with Crippen LogP contribution in [-0.2, 0) is 30.3 Å². The summed E-state index contributed by atoms with van der Waals surface area (Å²) in [6.07, 6.45) is 7.02. The maximum Gasteiger partial charge on any atom is 0.262 e. The second-order valence-electron chi connectivity index (χ2n) is 8.85. The number of sulfonamides is 1. The summed E-state index contributed by atoms with van der Waals surface area (Å²) in [5, 5.41) is -0.793. The minimum Gasteiger partial charge on any atom is -0.493 e. The average molecular weight is 500 g/mol. The Morgan fingerprint density at radius 3 is 2.65 bits per heavy atom. The van der Waals surface area contributed by atoms with E-state index in [1.807, 2.05) is 18.2 Å². The van der Waals surface area contributed by atoms with Gasteiger partial charge in [0.15, 0.2) is 11.6 Å². The van der Waals surface area contributed by atoms with E-state index in [9.17, 15) is 18.0 Å². The summed E-state index contributed by atoms with van der Waals surface area (Å²) in [5.41, 5.74) is 3.33. The molecule has 1 atom stereocenters. The lowest BCUT2D eigenvalue weighted by molar-refractivity contribution is -0.109. The lowest BCUT2D eigenvalue weighted by atomic mass is 9.94. The van der Waals surface area contributed by atoms with Gasteiger partial charge in [0, 0.05) is 58.7 Å². The average Bonchev–Trinajstić information content (AvgIpc) is 3.73. The number of fused-ring (bicyclic) bond motifs is 1. The summed E-state index contributed by atoms with van der Waals surface area (Å²) in [4.78, 5) is 29.4. The standard InChI is InChI=1S/C24H25N3O5S2/c1-15(29)33(26-34(30,31)18-6-7-18)17-5-8-23(32-14-16-3-4-16)20(11-17)21-12-27(2)22(13-28)24-19(21)9-10-25-24/h5,8-12,16,18,25H,3-4,6-7,14H2,1-2H3. The van der Waals surface area contributed by atoms with Crippen LogP contribution in [0.2, 0.25) is 0 Å². The van der Waals surface area contributed by atoms with E-state index in [-0.39, 0.29) is 5.12 Å². The molecule has 178 valence electrons. The predicted octanol–water partition coefficient (Wildman–Crippen LogP) is 3.51. The first kappa shape index (κ1) is 22.8. The number of aromatic nitrogens is 1. The Hall–Kier alpha value is -2.94. The van der Waals surface area contributed by atoms with Crippen LogP contribution in [0.3, 0.4) is 0 Å². The monoisotopic (exact) mass is 499 g/mol. The summed E-state index contributed by atoms with van der Waals surface area (Å²) in [7, 11) is -3.38. The quantitative estimate of drug-likeness (QED) is 0.584. The topological polar surface area (TPSA) is 109 Å². The van der Waals surface area contributed by atoms with Crippen molar-refractivity contribution in [2.24, 2.45) is 9.69 Å². The van der Waals surface area contributed by atoms with Gasteiger partial charge in [-0.1, -0.05) is 0 Å². The van der Waals surface area contributed by atoms with Gasteiger partial charge in [-0.2, -0.15) is 0 Å². The summed E-state index contributed by atoms with van der Waals surface area (Å²) < 4.78 is 35.3. The highest BCUT2D eigenvalue weighted by atomic mass is 32.3. The Morgan fingerprint density at radius 1 is 1.24 bits per heavy atom. The van der Waals surface area contributed by atoms with Gasteiger partial charge in [0.05, 0.1) is 17.6 Å². The van der Waals surface area contributed by atoms with Crippen molar-refractivity contribution in [1.29, 1.82) is 0 Å². The molecule has 10 heteroatoms. The first-order valence-corrected chi connectivity index (χ1v) is 13.8. The second-order valence-corrected chi connectivity index (χ2v) is 12.8. The Balaban J connectivity index is 1.64. The molecule has 8 nitrogen and oxygen atoms in total. The van der Waals surface area contributed by atoms with E-state index in [0.29, 0.717) is 53.0 Å². The minimum absolute atomic E-state index is 0.315. The zero-order chi connectivity index (χ0) is 24.0. The molecule has 1 unspecified atom stereocenters. The van der Waals surface area contributed by atoms with Gasteiger partial charge in [-0.3, -0.25) is 4.79 Å². The highest BCUT2D eigenvalue weighted by molar-refractivity contribution is 8.08. The molecule has 1 aromatic carbocycles. The predicted molar refractivity (Wildman–Crippen MR) is 130 cm³/mol. The van der Waals surface area contributed by atoms with Crippen LogP contribution < -0.4 is 4.74 Å². The van der Waals surface area contributed by atoms with Crippen molar-refractivity contribution >= 4 is 43.0 Å². The van der Waals surface area contributed by atoms with E-state index in [0.717, 1.165) is 24.0 Å². The molecule has 2 saturated carbocycles. The van der Waals surface area contributed by atoms with Crippen LogP contribution in [0.1, 0.15) is 49.4 Å². The zero-order valence-corrected chi connectivity index (χ0v) is 20.5. The third kappa shape index (κ3) is 4.41. The molecule has 0 saturated heterocycles. The highest BCUT2D eigenvalue weighted by Crippen LogP contribution is 2.41. The molecule has 0 spiro atoms. The number of aromatic amines is 1. The SMILES string of the molecule is CC(=O)S(=NS(=O)(=O)C1CC1)c1ccc(OCC2CC2)c(C2=CN(C)C(=C=O)c3[nH]ccc32)c1. The van der Waals surface area contributed by atoms with E-state index in [1.165, 1.54) is 6.92 Å². The van der Waals surface area contributed by atoms with Crippen molar-refractivity contribution in [1.82, 2.24) is 9.88 Å². The van der Waals surface area contributed by atoms with E-state index in [1.54, 1.807) is 36.3 Å². The molecule has 0 amide bonds. The molecule has 0 radical (unpaired) electrons. The fourth-order valence-corrected chi connectivity index (χ4v) is 7.45. The van der Waals surface area contributed by atoms with Crippen molar-refractivity contribution in [2.45, 2.75) is 42.8 Å². The Morgan fingerprint density at radius 2 is 2.00 bits per heavy atom. The summed E-state index contributed by atoms with van der Waals surface area (Å²) in [5.74, 6) is 3.15. The van der Waals surface area contributed by atoms with Crippen LogP contribution in [0.25, 0.3) is 11.3 Å². The number of nitrogens with zero attached hydrogens (tertiary/aromatic N) is 2. The Kier molecular flexibility index (Phi) is 5.83. The number of nitrogens with one attached hydrogen (secondary N) is 1. The number of carbonyl (C=O) groups excluding carboxylic acids is 2. The molecule has 1 aromatic heterocycles. The molecule has 2 fully saturated rings. The molecule has 0 bridgehead atoms. The van der Waals surface area contributed by atoms with Crippen LogP contribution in [-0.4, -0.2) is 48.3 Å². The molecule has 1 N–H and O–H groups in total. The van der Waals surface area contributed by atoms with Gasteiger partial charge in [0.25, 0.3) is 10.0 Å². The fourth-order valence-electron chi connectivity index (χ4n) is 3.88. The van der Waals surface area contributed by atoms with Crippen molar-refractivity contribution in [2.75, 3.05) is 13.7 Å². The maximum atomic E-state index is 12.6. The minimum atomic E-state index is -3.69. The van der Waals surface area contributed by atoms with Crippen LogP contribution in [0.15, 0.2) is 45.3 Å². The smallest absolute Gasteiger partial charge is 0.262 e. The Bertz CT molecular complexity index is 1390. The molecule has 34 heavy (non-hydrogen) atoms. The molecule has 2 heterocycles. The van der Waals surface area contributed by atoms with Gasteiger partial charge in [0.2, 0.25) is 5.12 Å². The van der Waals surface area contributed by atoms with Crippen molar-refractivity contribution in [3.8, 4) is 5.75 Å². The van der Waals surface area contributed by atoms with Crippen LogP contribution in [0, 0.1) is 5.92 Å². The molecule has 5 rings (SSSR count). The van der Waals surface area contributed by atoms with E-state index < -0.39 is 26.0 Å². The largest absolute Gasteiger partial charge is 0.493 e. The molecule has 2 aliphatic carbocycles. The highest BCUT2D eigenvalue weighted by Gasteiger charge is 2.36. The molecule has 1 aliphatic heterocycles. The van der Waals surface area contributed by atoms with Crippen molar-refractivity contribution in [3.05, 3.63) is 53.5 Å². The number of benzene rings is 1. The van der Waals surface area contributed by atoms with E-state index in [4.69, 9.17) is 4.74 Å². The summed E-state index contributed by atoms with van der Waals surface area (Å²) in [6.45, 7) is 1.96. The molecule has 2 aromatic rings. The first-order valence-electron chi connectivity index (χ1n) is 11.2. The lowest BCUT2D eigenvalue weighted by Crippen LogP contribution is -2.17. The summed E-state index contributed by atoms with van der Waals surface area (Å²) >= 11 is 0. The van der Waals surface area contributed by atoms with Crippen molar-refractivity contribution < 1.29 is 22.7 Å².